The van der Waals surface area contributed by atoms with Crippen LogP contribution >= 0.6 is 0 Å². The second-order valence-corrected chi connectivity index (χ2v) is 30.8. The lowest BCUT2D eigenvalue weighted by Gasteiger charge is -2.21. The third-order valence-corrected chi connectivity index (χ3v) is 24.4. The van der Waals surface area contributed by atoms with Crippen molar-refractivity contribution in [2.24, 2.45) is 0 Å². The monoisotopic (exact) mass is 1440 g/mol. The highest BCUT2D eigenvalue weighted by Crippen LogP contribution is 2.52. The van der Waals surface area contributed by atoms with Crippen molar-refractivity contribution in [3.8, 4) is 111 Å². The standard InChI is InChI=1S/C114H70/c1-5-28-77-60-82(56-52-71(77)24-1)92-46-23-47-106-107(92)70-81-32-9-10-33-93(81)111(106)88-64-86(65-89(68-88)112-100-40-17-11-34-94(100)108(95-35-12-18-41-101(95)112)83-57-53-72-25-2-6-29-78(72)61-83)75-48-50-76(51-49-75)87-66-90(113-102-42-19-13-36-96(102)109(97-37-14-20-43-103(97)113)84-58-54-73-26-3-7-30-79(73)62-84)69-91(67-87)114-104-44-21-15-38-98(104)110(99-39-16-22-45-105(99)114)85-59-55-74-27-4-8-31-80(74)63-85/h1-70H. The van der Waals surface area contributed by atoms with Gasteiger partial charge in [-0.05, 0) is 307 Å². The van der Waals surface area contributed by atoms with Crippen molar-refractivity contribution in [2.45, 2.75) is 0 Å². The molecule has 0 saturated heterocycles. The van der Waals surface area contributed by atoms with Crippen LogP contribution in [0, 0.1) is 0 Å². The summed E-state index contributed by atoms with van der Waals surface area (Å²) < 4.78 is 0. The van der Waals surface area contributed by atoms with Crippen LogP contribution in [-0.4, -0.2) is 0 Å². The van der Waals surface area contributed by atoms with Gasteiger partial charge >= 0.3 is 0 Å². The van der Waals surface area contributed by atoms with Crippen LogP contribution in [0.4, 0.5) is 0 Å². The fraction of sp³-hybridized carbons (Fsp3) is 0. The molecule has 23 aromatic rings. The third kappa shape index (κ3) is 10.7. The number of hydrogen-bond acceptors (Lipinski definition) is 0. The van der Waals surface area contributed by atoms with Gasteiger partial charge in [0.15, 0.2) is 0 Å². The van der Waals surface area contributed by atoms with E-state index in [0.29, 0.717) is 0 Å². The van der Waals surface area contributed by atoms with Gasteiger partial charge < -0.3 is 0 Å². The van der Waals surface area contributed by atoms with Crippen LogP contribution in [0.25, 0.3) is 241 Å². The topological polar surface area (TPSA) is 0 Å². The lowest BCUT2D eigenvalue weighted by molar-refractivity contribution is 1.58. The average Bonchev–Trinajstić information content (AvgIpc) is 0.735. The zero-order valence-corrected chi connectivity index (χ0v) is 62.4. The summed E-state index contributed by atoms with van der Waals surface area (Å²) in [7, 11) is 0. The van der Waals surface area contributed by atoms with Crippen molar-refractivity contribution >= 4 is 129 Å². The molecule has 0 heteroatoms. The van der Waals surface area contributed by atoms with E-state index in [0.717, 1.165) is 44.5 Å². The van der Waals surface area contributed by atoms with Crippen molar-refractivity contribution in [2.75, 3.05) is 0 Å². The van der Waals surface area contributed by atoms with Gasteiger partial charge in [0.25, 0.3) is 0 Å². The highest BCUT2D eigenvalue weighted by molar-refractivity contribution is 6.27. The number of rotatable bonds is 10. The molecule has 0 atom stereocenters. The van der Waals surface area contributed by atoms with E-state index in [2.05, 4.69) is 425 Å². The summed E-state index contributed by atoms with van der Waals surface area (Å²) in [6.45, 7) is 0. The number of fused-ring (bicyclic) bond motifs is 12. The van der Waals surface area contributed by atoms with Crippen molar-refractivity contribution in [1.29, 1.82) is 0 Å². The molecule has 0 aliphatic carbocycles. The molecule has 0 nitrogen and oxygen atoms in total. The fourth-order valence-corrected chi connectivity index (χ4v) is 19.3. The van der Waals surface area contributed by atoms with Crippen LogP contribution in [0.2, 0.25) is 0 Å². The Morgan fingerprint density at radius 3 is 0.596 bits per heavy atom. The first-order valence-electron chi connectivity index (χ1n) is 39.7. The van der Waals surface area contributed by atoms with Gasteiger partial charge in [0, 0.05) is 0 Å². The Morgan fingerprint density at radius 2 is 0.289 bits per heavy atom. The molecule has 0 radical (unpaired) electrons. The zero-order chi connectivity index (χ0) is 74.9. The highest BCUT2D eigenvalue weighted by atomic mass is 14.3. The minimum Gasteiger partial charge on any atom is -0.0616 e. The molecule has 23 aromatic carbocycles. The van der Waals surface area contributed by atoms with Gasteiger partial charge in [-0.1, -0.05) is 358 Å². The smallest absolute Gasteiger partial charge is 0.00259 e. The van der Waals surface area contributed by atoms with Crippen molar-refractivity contribution in [1.82, 2.24) is 0 Å². The summed E-state index contributed by atoms with van der Waals surface area (Å²) in [6.07, 6.45) is 0. The predicted molar refractivity (Wildman–Crippen MR) is 491 cm³/mol. The summed E-state index contributed by atoms with van der Waals surface area (Å²) >= 11 is 0. The van der Waals surface area contributed by atoms with Gasteiger partial charge in [-0.25, -0.2) is 0 Å². The maximum absolute atomic E-state index is 2.50. The maximum Gasteiger partial charge on any atom is -0.00259 e. The third-order valence-electron chi connectivity index (χ3n) is 24.4. The average molecular weight is 1440 g/mol. The Morgan fingerprint density at radius 1 is 0.0877 bits per heavy atom. The lowest BCUT2D eigenvalue weighted by atomic mass is 9.82. The van der Waals surface area contributed by atoms with Gasteiger partial charge in [0.05, 0.1) is 0 Å². The first-order chi connectivity index (χ1) is 56.5. The largest absolute Gasteiger partial charge is 0.0616 e. The Balaban J connectivity index is 0.763. The molecule has 0 aliphatic heterocycles. The molecule has 114 heavy (non-hydrogen) atoms. The highest BCUT2D eigenvalue weighted by Gasteiger charge is 2.25. The van der Waals surface area contributed by atoms with Crippen molar-refractivity contribution < 1.29 is 0 Å². The van der Waals surface area contributed by atoms with E-state index < -0.39 is 0 Å². The molecule has 0 N–H and O–H groups in total. The van der Waals surface area contributed by atoms with E-state index in [-0.39, 0.29) is 0 Å². The Bertz CT molecular complexity index is 7170. The normalized spacial score (nSPS) is 11.9. The second kappa shape index (κ2) is 26.5. The van der Waals surface area contributed by atoms with Crippen LogP contribution in [-0.2, 0) is 0 Å². The molecule has 0 saturated carbocycles. The van der Waals surface area contributed by atoms with Gasteiger partial charge in [-0.2, -0.15) is 0 Å². The second-order valence-electron chi connectivity index (χ2n) is 30.8. The molecule has 526 valence electrons. The van der Waals surface area contributed by atoms with Crippen LogP contribution in [0.15, 0.2) is 425 Å². The molecule has 0 fully saturated rings. The molecule has 0 amide bonds. The van der Waals surface area contributed by atoms with E-state index in [1.807, 2.05) is 0 Å². The molecule has 0 spiro atoms. The van der Waals surface area contributed by atoms with E-state index in [1.54, 1.807) is 0 Å². The van der Waals surface area contributed by atoms with Gasteiger partial charge in [0.1, 0.15) is 0 Å². The van der Waals surface area contributed by atoms with Crippen LogP contribution in [0.3, 0.4) is 0 Å². The SMILES string of the molecule is c1ccc2cc(-c3cccc4c(-c5cc(-c6ccc(-c7cc(-c8c9ccccc9c(-c9ccc%10ccccc%10c9)c9ccccc89)cc(-c8c9ccccc9c(-c9ccc%10ccccc%10c9)c9ccccc89)c7)cc6)cc(-c6c7ccccc7c(-c7ccc8ccccc8c7)c7ccccc67)c5)c5ccccc5cc34)ccc2c1. The summed E-state index contributed by atoms with van der Waals surface area (Å²) in [6, 6.07) is 160. The van der Waals surface area contributed by atoms with E-state index in [4.69, 9.17) is 0 Å². The molecule has 0 aromatic heterocycles. The van der Waals surface area contributed by atoms with E-state index >= 15 is 0 Å². The molecule has 0 aliphatic rings. The minimum atomic E-state index is 1.13. The van der Waals surface area contributed by atoms with Crippen molar-refractivity contribution in [3.63, 3.8) is 0 Å². The minimum absolute atomic E-state index is 1.13. The van der Waals surface area contributed by atoms with Crippen LogP contribution in [0.5, 0.6) is 0 Å². The Kier molecular flexibility index (Phi) is 15.1. The molecular formula is C114H70. The quantitative estimate of drug-likeness (QED) is 0.120. The van der Waals surface area contributed by atoms with Crippen LogP contribution < -0.4 is 0 Å². The Hall–Kier alpha value is -14.8. The molecular weight excluding hydrogens is 1370 g/mol. The zero-order valence-electron chi connectivity index (χ0n) is 62.4. The predicted octanol–water partition coefficient (Wildman–Crippen LogP) is 32.2. The van der Waals surface area contributed by atoms with E-state index in [9.17, 15) is 0 Å². The first kappa shape index (κ1) is 65.1. The molecule has 23 rings (SSSR count). The number of hydrogen-bond donors (Lipinski definition) is 0. The van der Waals surface area contributed by atoms with Gasteiger partial charge in [-0.3, -0.25) is 0 Å². The maximum atomic E-state index is 2.50. The fourth-order valence-electron chi connectivity index (χ4n) is 19.3. The molecule has 0 bridgehead atoms. The summed E-state index contributed by atoms with van der Waals surface area (Å²) in [5, 5.41) is 29.3. The Labute approximate surface area is 660 Å². The summed E-state index contributed by atoms with van der Waals surface area (Å²) in [5.74, 6) is 0. The van der Waals surface area contributed by atoms with Crippen molar-refractivity contribution in [3.05, 3.63) is 425 Å². The lowest BCUT2D eigenvalue weighted by Crippen LogP contribution is -1.94. The summed E-state index contributed by atoms with van der Waals surface area (Å²) in [5.41, 5.74) is 23.8. The van der Waals surface area contributed by atoms with Gasteiger partial charge in [-0.15, -0.1) is 0 Å². The summed E-state index contributed by atoms with van der Waals surface area (Å²) in [4.78, 5) is 0. The number of benzene rings is 23. The molecule has 0 unspecified atom stereocenters. The molecule has 0 heterocycles. The first-order valence-corrected chi connectivity index (χ1v) is 39.7. The van der Waals surface area contributed by atoms with Crippen LogP contribution in [0.1, 0.15) is 0 Å². The van der Waals surface area contributed by atoms with E-state index in [1.165, 1.54) is 196 Å². The van der Waals surface area contributed by atoms with Gasteiger partial charge in [0.2, 0.25) is 0 Å².